The van der Waals surface area contributed by atoms with E-state index in [1.807, 2.05) is 24.3 Å². The summed E-state index contributed by atoms with van der Waals surface area (Å²) in [6.07, 6.45) is 0. The summed E-state index contributed by atoms with van der Waals surface area (Å²) in [5, 5.41) is 0.826. The van der Waals surface area contributed by atoms with Crippen LogP contribution in [0.5, 0.6) is 17.2 Å². The predicted molar refractivity (Wildman–Crippen MR) is 110 cm³/mol. The van der Waals surface area contributed by atoms with Crippen LogP contribution in [0.25, 0.3) is 0 Å². The molecule has 0 amide bonds. The lowest BCUT2D eigenvalue weighted by molar-refractivity contribution is 0.248. The van der Waals surface area contributed by atoms with E-state index >= 15 is 0 Å². The van der Waals surface area contributed by atoms with Crippen LogP contribution in [0.2, 0.25) is 5.02 Å². The van der Waals surface area contributed by atoms with E-state index in [1.54, 1.807) is 21.3 Å². The number of piperazine rings is 1. The van der Waals surface area contributed by atoms with E-state index < -0.39 is 0 Å². The van der Waals surface area contributed by atoms with E-state index in [1.165, 1.54) is 5.69 Å². The van der Waals surface area contributed by atoms with Gasteiger partial charge < -0.3 is 19.1 Å². The lowest BCUT2D eigenvalue weighted by Gasteiger charge is -2.37. The average molecular weight is 391 g/mol. The van der Waals surface area contributed by atoms with Crippen LogP contribution in [0.1, 0.15) is 11.1 Å². The fraction of sp³-hybridized carbons (Fsp3) is 0.429. The van der Waals surface area contributed by atoms with Gasteiger partial charge in [0.15, 0.2) is 11.5 Å². The highest BCUT2D eigenvalue weighted by molar-refractivity contribution is 6.31. The second-order valence-electron chi connectivity index (χ2n) is 6.68. The second kappa shape index (κ2) is 8.72. The van der Waals surface area contributed by atoms with Crippen LogP contribution in [0, 0.1) is 6.92 Å². The van der Waals surface area contributed by atoms with Crippen LogP contribution in [0.3, 0.4) is 0 Å². The summed E-state index contributed by atoms with van der Waals surface area (Å²) < 4.78 is 16.3. The lowest BCUT2D eigenvalue weighted by Crippen LogP contribution is -2.46. The monoisotopic (exact) mass is 390 g/mol. The smallest absolute Gasteiger partial charge is 0.203 e. The van der Waals surface area contributed by atoms with Gasteiger partial charge >= 0.3 is 0 Å². The standard InChI is InChI=1S/C21H27ClN2O3/c1-15-17(22)6-5-7-18(15)24-10-8-23(9-11-24)14-16-12-19(25-2)21(27-4)20(13-16)26-3/h5-7,12-13H,8-11,14H2,1-4H3. The molecule has 1 heterocycles. The van der Waals surface area contributed by atoms with Crippen molar-refractivity contribution < 1.29 is 14.2 Å². The maximum atomic E-state index is 6.28. The Balaban J connectivity index is 1.68. The summed E-state index contributed by atoms with van der Waals surface area (Å²) in [6.45, 7) is 6.86. The maximum absolute atomic E-state index is 6.28. The molecular weight excluding hydrogens is 364 g/mol. The lowest BCUT2D eigenvalue weighted by atomic mass is 10.1. The fourth-order valence-corrected chi connectivity index (χ4v) is 3.74. The topological polar surface area (TPSA) is 34.2 Å². The van der Waals surface area contributed by atoms with Crippen LogP contribution in [0.15, 0.2) is 30.3 Å². The Morgan fingerprint density at radius 2 is 1.56 bits per heavy atom. The van der Waals surface area contributed by atoms with E-state index in [2.05, 4.69) is 22.8 Å². The summed E-state index contributed by atoms with van der Waals surface area (Å²) >= 11 is 6.28. The number of hydrogen-bond donors (Lipinski definition) is 0. The molecule has 2 aromatic carbocycles. The summed E-state index contributed by atoms with van der Waals surface area (Å²) in [6, 6.07) is 10.2. The number of ether oxygens (including phenoxy) is 3. The highest BCUT2D eigenvalue weighted by atomic mass is 35.5. The van der Waals surface area contributed by atoms with Gasteiger partial charge in [-0.2, -0.15) is 0 Å². The quantitative estimate of drug-likeness (QED) is 0.744. The van der Waals surface area contributed by atoms with Crippen molar-refractivity contribution in [2.24, 2.45) is 0 Å². The third kappa shape index (κ3) is 4.25. The maximum Gasteiger partial charge on any atom is 0.203 e. The normalized spacial score (nSPS) is 14.9. The third-order valence-corrected chi connectivity index (χ3v) is 5.49. The molecule has 5 nitrogen and oxygen atoms in total. The molecule has 0 spiro atoms. The zero-order valence-corrected chi connectivity index (χ0v) is 17.2. The van der Waals surface area contributed by atoms with Crippen molar-refractivity contribution in [2.45, 2.75) is 13.5 Å². The minimum absolute atomic E-state index is 0.630. The minimum atomic E-state index is 0.630. The Bertz CT molecular complexity index is 764. The van der Waals surface area contributed by atoms with Gasteiger partial charge in [-0.05, 0) is 42.3 Å². The average Bonchev–Trinajstić information content (AvgIpc) is 2.70. The summed E-state index contributed by atoms with van der Waals surface area (Å²) in [7, 11) is 4.91. The first kappa shape index (κ1) is 19.6. The van der Waals surface area contributed by atoms with Crippen LogP contribution < -0.4 is 19.1 Å². The summed E-state index contributed by atoms with van der Waals surface area (Å²) in [5.41, 5.74) is 3.53. The first-order valence-corrected chi connectivity index (χ1v) is 9.46. The van der Waals surface area contributed by atoms with E-state index in [4.69, 9.17) is 25.8 Å². The number of methoxy groups -OCH3 is 3. The molecule has 27 heavy (non-hydrogen) atoms. The molecule has 1 aliphatic heterocycles. The summed E-state index contributed by atoms with van der Waals surface area (Å²) in [5.74, 6) is 2.02. The second-order valence-corrected chi connectivity index (χ2v) is 7.09. The van der Waals surface area contributed by atoms with Crippen LogP contribution in [0.4, 0.5) is 5.69 Å². The molecule has 0 bridgehead atoms. The molecule has 1 saturated heterocycles. The van der Waals surface area contributed by atoms with E-state index in [-0.39, 0.29) is 0 Å². The van der Waals surface area contributed by atoms with Crippen LogP contribution in [-0.2, 0) is 6.54 Å². The number of anilines is 1. The van der Waals surface area contributed by atoms with Gasteiger partial charge in [0, 0.05) is 43.4 Å². The zero-order chi connectivity index (χ0) is 19.4. The molecule has 2 aromatic rings. The van der Waals surface area contributed by atoms with Crippen molar-refractivity contribution in [3.8, 4) is 17.2 Å². The Morgan fingerprint density at radius 3 is 2.11 bits per heavy atom. The molecule has 6 heteroatoms. The van der Waals surface area contributed by atoms with Gasteiger partial charge in [-0.15, -0.1) is 0 Å². The summed E-state index contributed by atoms with van der Waals surface area (Å²) in [4.78, 5) is 4.85. The van der Waals surface area contributed by atoms with Gasteiger partial charge in [-0.1, -0.05) is 17.7 Å². The van der Waals surface area contributed by atoms with E-state index in [0.717, 1.165) is 48.9 Å². The third-order valence-electron chi connectivity index (χ3n) is 5.08. The van der Waals surface area contributed by atoms with E-state index in [0.29, 0.717) is 17.2 Å². The van der Waals surface area contributed by atoms with E-state index in [9.17, 15) is 0 Å². The first-order valence-electron chi connectivity index (χ1n) is 9.08. The minimum Gasteiger partial charge on any atom is -0.493 e. The van der Waals surface area contributed by atoms with Gasteiger partial charge in [-0.3, -0.25) is 4.90 Å². The molecule has 0 unspecified atom stereocenters. The number of halogens is 1. The highest BCUT2D eigenvalue weighted by Crippen LogP contribution is 2.38. The molecule has 3 rings (SSSR count). The molecule has 1 aliphatic rings. The molecule has 146 valence electrons. The molecular formula is C21H27ClN2O3. The Labute approximate surface area is 166 Å². The molecule has 0 aromatic heterocycles. The molecule has 0 atom stereocenters. The first-order chi connectivity index (χ1) is 13.1. The van der Waals surface area contributed by atoms with Crippen molar-refractivity contribution in [1.29, 1.82) is 0 Å². The Morgan fingerprint density at radius 1 is 0.926 bits per heavy atom. The Hall–Kier alpha value is -2.11. The van der Waals surface area contributed by atoms with Gasteiger partial charge in [0.1, 0.15) is 0 Å². The van der Waals surface area contributed by atoms with Gasteiger partial charge in [0.05, 0.1) is 21.3 Å². The largest absolute Gasteiger partial charge is 0.493 e. The van der Waals surface area contributed by atoms with Crippen molar-refractivity contribution in [3.63, 3.8) is 0 Å². The number of nitrogens with zero attached hydrogens (tertiary/aromatic N) is 2. The molecule has 0 radical (unpaired) electrons. The molecule has 0 N–H and O–H groups in total. The molecule has 1 fully saturated rings. The van der Waals surface area contributed by atoms with Crippen molar-refractivity contribution in [2.75, 3.05) is 52.4 Å². The van der Waals surface area contributed by atoms with Crippen molar-refractivity contribution >= 4 is 17.3 Å². The zero-order valence-electron chi connectivity index (χ0n) is 16.4. The highest BCUT2D eigenvalue weighted by Gasteiger charge is 2.20. The van der Waals surface area contributed by atoms with Crippen molar-refractivity contribution in [3.05, 3.63) is 46.5 Å². The van der Waals surface area contributed by atoms with Gasteiger partial charge in [0.25, 0.3) is 0 Å². The number of benzene rings is 2. The predicted octanol–water partition coefficient (Wildman–Crippen LogP) is 4.00. The fourth-order valence-electron chi connectivity index (χ4n) is 3.57. The molecule has 0 aliphatic carbocycles. The van der Waals surface area contributed by atoms with Gasteiger partial charge in [0.2, 0.25) is 5.75 Å². The van der Waals surface area contributed by atoms with Crippen LogP contribution >= 0.6 is 11.6 Å². The number of hydrogen-bond acceptors (Lipinski definition) is 5. The number of rotatable bonds is 6. The Kier molecular flexibility index (Phi) is 6.34. The van der Waals surface area contributed by atoms with Gasteiger partial charge in [-0.25, -0.2) is 0 Å². The molecule has 0 saturated carbocycles. The van der Waals surface area contributed by atoms with Crippen molar-refractivity contribution in [1.82, 2.24) is 4.90 Å². The van der Waals surface area contributed by atoms with Crippen LogP contribution in [-0.4, -0.2) is 52.4 Å². The SMILES string of the molecule is COc1cc(CN2CCN(c3cccc(Cl)c3C)CC2)cc(OC)c1OC.